The molecule has 2 fully saturated rings. The van der Waals surface area contributed by atoms with E-state index in [9.17, 15) is 23.9 Å². The lowest BCUT2D eigenvalue weighted by Crippen LogP contribution is -2.48. The zero-order valence-electron chi connectivity index (χ0n) is 30.0. The van der Waals surface area contributed by atoms with Crippen molar-refractivity contribution in [1.82, 2.24) is 20.9 Å². The van der Waals surface area contributed by atoms with Crippen molar-refractivity contribution < 1.29 is 48.3 Å². The second-order valence-electron chi connectivity index (χ2n) is 13.0. The van der Waals surface area contributed by atoms with Gasteiger partial charge in [-0.15, -0.1) is 0 Å². The Morgan fingerprint density at radius 3 is 2.11 bits per heavy atom. The molecule has 1 unspecified atom stereocenters. The van der Waals surface area contributed by atoms with Crippen molar-refractivity contribution in [3.63, 3.8) is 0 Å². The normalized spacial score (nSPS) is 16.0. The Labute approximate surface area is 307 Å². The topological polar surface area (TPSA) is 182 Å². The van der Waals surface area contributed by atoms with Crippen LogP contribution in [0.25, 0.3) is 11.1 Å². The van der Waals surface area contributed by atoms with Gasteiger partial charge in [-0.3, -0.25) is 14.6 Å². The van der Waals surface area contributed by atoms with Gasteiger partial charge in [0.1, 0.15) is 29.1 Å². The lowest BCUT2D eigenvalue weighted by Gasteiger charge is -2.37. The van der Waals surface area contributed by atoms with Crippen LogP contribution in [0.4, 0.5) is 19.7 Å². The number of anilines is 1. The predicted molar refractivity (Wildman–Crippen MR) is 194 cm³/mol. The highest BCUT2D eigenvalue weighted by Gasteiger charge is 2.47. The number of aliphatic hydroxyl groups excluding tert-OH is 3. The van der Waals surface area contributed by atoms with Gasteiger partial charge < -0.3 is 45.5 Å². The molecule has 14 nitrogen and oxygen atoms in total. The maximum Gasteiger partial charge on any atom is 0.415 e. The van der Waals surface area contributed by atoms with Gasteiger partial charge in [-0.1, -0.05) is 12.1 Å². The molecule has 3 aromatic rings. The van der Waals surface area contributed by atoms with Gasteiger partial charge in [0, 0.05) is 62.7 Å². The van der Waals surface area contributed by atoms with Gasteiger partial charge in [0.15, 0.2) is 0 Å². The molecular formula is C38H48FN5O9. The SMILES string of the molecule is CCOc1cc(CN2CCC3(CC2)CN(c2ccc(C(=O)NCCNC(=O)NC(O)C(CO)CO)cc2)C(=O)O3)cc(OCC)c1-c1ccc(F)cc1. The van der Waals surface area contributed by atoms with Crippen LogP contribution in [0, 0.1) is 11.7 Å². The average molecular weight is 738 g/mol. The van der Waals surface area contributed by atoms with Crippen molar-refractivity contribution in [3.05, 3.63) is 77.6 Å². The molecule has 5 rings (SSSR count). The van der Waals surface area contributed by atoms with E-state index in [4.69, 9.17) is 24.4 Å². The molecule has 2 aliphatic rings. The molecule has 0 radical (unpaired) electrons. The van der Waals surface area contributed by atoms with Gasteiger partial charge in [0.2, 0.25) is 0 Å². The summed E-state index contributed by atoms with van der Waals surface area (Å²) < 4.78 is 31.7. The summed E-state index contributed by atoms with van der Waals surface area (Å²) in [5, 5.41) is 35.3. The number of halogens is 1. The number of carbonyl (C=O) groups excluding carboxylic acids is 3. The molecular weight excluding hydrogens is 689 g/mol. The first kappa shape index (κ1) is 39.3. The van der Waals surface area contributed by atoms with Crippen LogP contribution >= 0.6 is 0 Å². The molecule has 0 aliphatic carbocycles. The van der Waals surface area contributed by atoms with Crippen LogP contribution in [0.15, 0.2) is 60.7 Å². The van der Waals surface area contributed by atoms with Gasteiger partial charge in [-0.05, 0) is 73.5 Å². The van der Waals surface area contributed by atoms with E-state index in [-0.39, 0.29) is 24.8 Å². The monoisotopic (exact) mass is 737 g/mol. The largest absolute Gasteiger partial charge is 0.493 e. The summed E-state index contributed by atoms with van der Waals surface area (Å²) >= 11 is 0. The van der Waals surface area contributed by atoms with Crippen molar-refractivity contribution in [3.8, 4) is 22.6 Å². The van der Waals surface area contributed by atoms with Crippen LogP contribution in [0.5, 0.6) is 11.5 Å². The molecule has 2 heterocycles. The van der Waals surface area contributed by atoms with E-state index < -0.39 is 43.1 Å². The highest BCUT2D eigenvalue weighted by molar-refractivity contribution is 5.96. The number of benzene rings is 3. The number of hydrogen-bond donors (Lipinski definition) is 6. The first-order chi connectivity index (χ1) is 25.6. The Kier molecular flexibility index (Phi) is 13.5. The van der Waals surface area contributed by atoms with Crippen molar-refractivity contribution >= 4 is 23.7 Å². The molecule has 2 saturated heterocycles. The third kappa shape index (κ3) is 9.93. The number of ether oxygens (including phenoxy) is 3. The number of nitrogens with one attached hydrogen (secondary N) is 3. The second-order valence-corrected chi connectivity index (χ2v) is 13.0. The number of likely N-dealkylation sites (tertiary alicyclic amines) is 1. The van der Waals surface area contributed by atoms with E-state index >= 15 is 0 Å². The fraction of sp³-hybridized carbons (Fsp3) is 0.447. The first-order valence-electron chi connectivity index (χ1n) is 17.8. The smallest absolute Gasteiger partial charge is 0.415 e. The van der Waals surface area contributed by atoms with Crippen LogP contribution in [0.2, 0.25) is 0 Å². The molecule has 0 saturated carbocycles. The van der Waals surface area contributed by atoms with Crippen LogP contribution in [0.1, 0.15) is 42.6 Å². The minimum Gasteiger partial charge on any atom is -0.493 e. The third-order valence-corrected chi connectivity index (χ3v) is 9.33. The Morgan fingerprint density at radius 1 is 0.925 bits per heavy atom. The van der Waals surface area contributed by atoms with E-state index in [0.29, 0.717) is 75.0 Å². The Morgan fingerprint density at radius 2 is 1.53 bits per heavy atom. The van der Waals surface area contributed by atoms with Crippen LogP contribution in [-0.2, 0) is 11.3 Å². The molecule has 2 aliphatic heterocycles. The maximum atomic E-state index is 13.7. The van der Waals surface area contributed by atoms with Crippen molar-refractivity contribution in [1.29, 1.82) is 0 Å². The summed E-state index contributed by atoms with van der Waals surface area (Å²) in [6, 6.07) is 16.2. The van der Waals surface area contributed by atoms with Crippen LogP contribution < -0.4 is 30.3 Å². The minimum absolute atomic E-state index is 0.0663. The lowest BCUT2D eigenvalue weighted by molar-refractivity contribution is -0.00103. The summed E-state index contributed by atoms with van der Waals surface area (Å²) in [5.41, 5.74) is 2.95. The summed E-state index contributed by atoms with van der Waals surface area (Å²) in [4.78, 5) is 41.5. The third-order valence-electron chi connectivity index (χ3n) is 9.33. The first-order valence-corrected chi connectivity index (χ1v) is 17.8. The Balaban J connectivity index is 1.13. The molecule has 286 valence electrons. The molecule has 1 atom stereocenters. The van der Waals surface area contributed by atoms with Gasteiger partial charge in [0.05, 0.1) is 38.5 Å². The molecule has 1 spiro atoms. The fourth-order valence-corrected chi connectivity index (χ4v) is 6.44. The minimum atomic E-state index is -1.43. The quantitative estimate of drug-likeness (QED) is 0.0944. The number of amides is 4. The molecule has 15 heteroatoms. The van der Waals surface area contributed by atoms with Gasteiger partial charge in [0.25, 0.3) is 5.91 Å². The second kappa shape index (κ2) is 18.2. The van der Waals surface area contributed by atoms with Gasteiger partial charge in [-0.2, -0.15) is 0 Å². The van der Waals surface area contributed by atoms with Gasteiger partial charge >= 0.3 is 12.1 Å². The number of aliphatic hydroxyl groups is 3. The molecule has 0 bridgehead atoms. The van der Waals surface area contributed by atoms with Crippen molar-refractivity contribution in [2.75, 3.05) is 64.1 Å². The molecule has 4 amide bonds. The average Bonchev–Trinajstić information content (AvgIpc) is 3.47. The Hall–Kier alpha value is -4.96. The number of hydrogen-bond acceptors (Lipinski definition) is 10. The number of piperidine rings is 1. The van der Waals surface area contributed by atoms with Crippen LogP contribution in [0.3, 0.4) is 0 Å². The summed E-state index contributed by atoms with van der Waals surface area (Å²) in [6.07, 6.45) is -0.569. The molecule has 3 aromatic carbocycles. The predicted octanol–water partition coefficient (Wildman–Crippen LogP) is 3.23. The molecule has 0 aromatic heterocycles. The fourth-order valence-electron chi connectivity index (χ4n) is 6.44. The van der Waals surface area contributed by atoms with Crippen molar-refractivity contribution in [2.45, 2.75) is 45.1 Å². The van der Waals surface area contributed by atoms with E-state index in [1.165, 1.54) is 12.1 Å². The van der Waals surface area contributed by atoms with Gasteiger partial charge in [-0.25, -0.2) is 14.0 Å². The van der Waals surface area contributed by atoms with E-state index in [1.807, 2.05) is 26.0 Å². The van der Waals surface area contributed by atoms with Crippen LogP contribution in [-0.4, -0.2) is 109 Å². The van der Waals surface area contributed by atoms with Crippen molar-refractivity contribution in [2.24, 2.45) is 5.92 Å². The summed E-state index contributed by atoms with van der Waals surface area (Å²) in [7, 11) is 0. The summed E-state index contributed by atoms with van der Waals surface area (Å²) in [5.74, 6) is -0.260. The lowest BCUT2D eigenvalue weighted by atomic mass is 9.91. The number of carbonyl (C=O) groups is 3. The Bertz CT molecular complexity index is 1670. The number of urea groups is 1. The molecule has 6 N–H and O–H groups in total. The molecule has 53 heavy (non-hydrogen) atoms. The number of rotatable bonds is 16. The highest BCUT2D eigenvalue weighted by Crippen LogP contribution is 2.41. The maximum absolute atomic E-state index is 13.7. The number of nitrogens with zero attached hydrogens (tertiary/aromatic N) is 2. The van der Waals surface area contributed by atoms with E-state index in [1.54, 1.807) is 41.3 Å². The van der Waals surface area contributed by atoms with E-state index in [2.05, 4.69) is 20.9 Å². The zero-order valence-corrected chi connectivity index (χ0v) is 30.0. The standard InChI is InChI=1S/C38H48FN5O9/c1-3-51-31-19-25(20-32(52-4-2)33(31)26-5-9-29(39)10-6-26)21-43-17-13-38(14-18-43)24-44(37(50)53-38)30-11-7-27(8-12-30)34(47)40-15-16-41-36(49)42-35(48)28(22-45)23-46/h5-12,19-20,28,35,45-46,48H,3-4,13-18,21-24H2,1-2H3,(H,40,47)(H2,41,42,49). The zero-order chi connectivity index (χ0) is 38.0. The van der Waals surface area contributed by atoms with E-state index in [0.717, 1.165) is 16.7 Å². The highest BCUT2D eigenvalue weighted by atomic mass is 19.1. The summed E-state index contributed by atoms with van der Waals surface area (Å²) in [6.45, 7) is 6.36.